The molecule has 2 fully saturated rings. The number of cyclic esters (lactones) is 1. The van der Waals surface area contributed by atoms with Gasteiger partial charge in [-0.15, -0.1) is 0 Å². The van der Waals surface area contributed by atoms with Crippen LogP contribution in [0.1, 0.15) is 39.0 Å². The van der Waals surface area contributed by atoms with Gasteiger partial charge in [-0.2, -0.15) is 0 Å². The van der Waals surface area contributed by atoms with E-state index in [1.54, 1.807) is 6.92 Å². The Morgan fingerprint density at radius 2 is 1.55 bits per heavy atom. The Labute approximate surface area is 173 Å². The summed E-state index contributed by atoms with van der Waals surface area (Å²) in [5, 5.41) is 0. The molecule has 2 aliphatic heterocycles. The van der Waals surface area contributed by atoms with Crippen molar-refractivity contribution in [2.45, 2.75) is 57.9 Å². The highest BCUT2D eigenvalue weighted by Gasteiger charge is 2.54. The normalized spacial score (nSPS) is 30.4. The van der Waals surface area contributed by atoms with E-state index in [1.807, 2.05) is 0 Å². The predicted molar refractivity (Wildman–Crippen MR) is 92.7 cm³/mol. The van der Waals surface area contributed by atoms with Gasteiger partial charge < -0.3 is 18.9 Å². The lowest BCUT2D eigenvalue weighted by atomic mass is 9.90. The van der Waals surface area contributed by atoms with Crippen LogP contribution in [-0.2, 0) is 28.5 Å². The van der Waals surface area contributed by atoms with Gasteiger partial charge in [-0.3, -0.25) is 0 Å². The summed E-state index contributed by atoms with van der Waals surface area (Å²) in [6, 6.07) is 0. The lowest BCUT2D eigenvalue weighted by Gasteiger charge is -2.25. The molecule has 0 radical (unpaired) electrons. The summed E-state index contributed by atoms with van der Waals surface area (Å²) >= 11 is 0. The zero-order chi connectivity index (χ0) is 23.2. The second kappa shape index (κ2) is 8.54. The third-order valence-corrected chi connectivity index (χ3v) is 5.23. The van der Waals surface area contributed by atoms with Gasteiger partial charge >= 0.3 is 11.9 Å². The minimum Gasteiger partial charge on any atom is -0.456 e. The third kappa shape index (κ3) is 3.91. The molecule has 0 amide bonds. The summed E-state index contributed by atoms with van der Waals surface area (Å²) in [4.78, 5) is 24.1. The Morgan fingerprint density at radius 1 is 1.00 bits per heavy atom. The fourth-order valence-corrected chi connectivity index (χ4v) is 3.61. The van der Waals surface area contributed by atoms with Crippen molar-refractivity contribution in [1.82, 2.24) is 0 Å². The summed E-state index contributed by atoms with van der Waals surface area (Å²) in [5.41, 5.74) is -1.22. The van der Waals surface area contributed by atoms with Crippen molar-refractivity contribution in [2.24, 2.45) is 5.92 Å². The van der Waals surface area contributed by atoms with Crippen molar-refractivity contribution in [3.63, 3.8) is 0 Å². The maximum absolute atomic E-state index is 14.1. The van der Waals surface area contributed by atoms with Crippen LogP contribution in [0.3, 0.4) is 0 Å². The first-order valence-electron chi connectivity index (χ1n) is 9.38. The maximum Gasteiger partial charge on any atom is 0.348 e. The molecule has 1 aromatic rings. The van der Waals surface area contributed by atoms with E-state index in [0.29, 0.717) is 0 Å². The fourth-order valence-electron chi connectivity index (χ4n) is 3.61. The van der Waals surface area contributed by atoms with E-state index < -0.39 is 83.2 Å². The van der Waals surface area contributed by atoms with Crippen LogP contribution in [0.2, 0.25) is 0 Å². The standard InChI is InChI=1S/C20H19F5O6/c1-5-8-16(29-19(27)17(8)30-18(26)6(2)3)15-7(4)28-20(31-15)9-10(21)12(23)14(25)13(24)11(9)22/h7-8,15-17,20H,2,5H2,1,3-4H3/t7-,8-,15-,16-,17-,20?/m0/s1. The average molecular weight is 450 g/mol. The molecule has 3 rings (SSSR count). The Morgan fingerprint density at radius 3 is 2.06 bits per heavy atom. The average Bonchev–Trinajstić information content (AvgIpc) is 3.24. The number of hydrogen-bond acceptors (Lipinski definition) is 6. The van der Waals surface area contributed by atoms with E-state index >= 15 is 0 Å². The molecular weight excluding hydrogens is 431 g/mol. The number of esters is 2. The zero-order valence-electron chi connectivity index (χ0n) is 16.7. The van der Waals surface area contributed by atoms with Crippen molar-refractivity contribution in [3.05, 3.63) is 46.8 Å². The first-order chi connectivity index (χ1) is 14.5. The molecule has 1 unspecified atom stereocenters. The number of ether oxygens (including phenoxy) is 4. The molecule has 6 atom stereocenters. The second-order valence-electron chi connectivity index (χ2n) is 7.34. The summed E-state index contributed by atoms with van der Waals surface area (Å²) in [6.07, 6.45) is -6.06. The van der Waals surface area contributed by atoms with Crippen LogP contribution in [0.4, 0.5) is 22.0 Å². The first kappa shape index (κ1) is 23.1. The van der Waals surface area contributed by atoms with Crippen molar-refractivity contribution >= 4 is 11.9 Å². The van der Waals surface area contributed by atoms with Crippen LogP contribution in [0.25, 0.3) is 0 Å². The van der Waals surface area contributed by atoms with Crippen LogP contribution < -0.4 is 0 Å². The second-order valence-corrected chi connectivity index (χ2v) is 7.34. The Kier molecular flexibility index (Phi) is 6.38. The lowest BCUT2D eigenvalue weighted by Crippen LogP contribution is -2.40. The highest BCUT2D eigenvalue weighted by Crippen LogP contribution is 2.42. The highest BCUT2D eigenvalue weighted by molar-refractivity contribution is 5.90. The fraction of sp³-hybridized carbons (Fsp3) is 0.500. The van der Waals surface area contributed by atoms with E-state index in [-0.39, 0.29) is 12.0 Å². The monoisotopic (exact) mass is 450 g/mol. The third-order valence-electron chi connectivity index (χ3n) is 5.23. The predicted octanol–water partition coefficient (Wildman–Crippen LogP) is 3.62. The number of rotatable bonds is 5. The smallest absolute Gasteiger partial charge is 0.348 e. The highest BCUT2D eigenvalue weighted by atomic mass is 19.2. The minimum atomic E-state index is -2.31. The topological polar surface area (TPSA) is 71.1 Å². The lowest BCUT2D eigenvalue weighted by molar-refractivity contribution is -0.160. The van der Waals surface area contributed by atoms with Gasteiger partial charge in [0.1, 0.15) is 12.2 Å². The molecule has 2 heterocycles. The number of halogens is 5. The number of hydrogen-bond donors (Lipinski definition) is 0. The Bertz CT molecular complexity index is 906. The van der Waals surface area contributed by atoms with Gasteiger partial charge in [0, 0.05) is 11.5 Å². The van der Waals surface area contributed by atoms with Gasteiger partial charge in [-0.05, 0) is 20.3 Å². The van der Waals surface area contributed by atoms with Crippen LogP contribution in [-0.4, -0.2) is 36.4 Å². The van der Waals surface area contributed by atoms with Crippen LogP contribution in [0, 0.1) is 35.0 Å². The summed E-state index contributed by atoms with van der Waals surface area (Å²) in [5.74, 6) is -13.1. The number of carbonyl (C=O) groups excluding carboxylic acids is 2. The van der Waals surface area contributed by atoms with E-state index in [1.165, 1.54) is 13.8 Å². The largest absolute Gasteiger partial charge is 0.456 e. The molecule has 0 bridgehead atoms. The van der Waals surface area contributed by atoms with Gasteiger partial charge in [0.05, 0.1) is 11.7 Å². The molecule has 6 nitrogen and oxygen atoms in total. The summed E-state index contributed by atoms with van der Waals surface area (Å²) < 4.78 is 89.9. The van der Waals surface area contributed by atoms with Gasteiger partial charge in [0.15, 0.2) is 29.6 Å². The van der Waals surface area contributed by atoms with Crippen molar-refractivity contribution in [3.8, 4) is 0 Å². The molecule has 2 saturated heterocycles. The molecule has 1 aromatic carbocycles. The van der Waals surface area contributed by atoms with E-state index in [0.717, 1.165) is 0 Å². The van der Waals surface area contributed by atoms with Gasteiger partial charge in [-0.1, -0.05) is 13.5 Å². The van der Waals surface area contributed by atoms with Crippen molar-refractivity contribution in [2.75, 3.05) is 0 Å². The van der Waals surface area contributed by atoms with E-state index in [2.05, 4.69) is 6.58 Å². The van der Waals surface area contributed by atoms with E-state index in [4.69, 9.17) is 18.9 Å². The molecule has 0 aromatic heterocycles. The van der Waals surface area contributed by atoms with Crippen molar-refractivity contribution in [1.29, 1.82) is 0 Å². The quantitative estimate of drug-likeness (QED) is 0.224. The first-order valence-corrected chi connectivity index (χ1v) is 9.38. The molecule has 170 valence electrons. The maximum atomic E-state index is 14.1. The molecular formula is C20H19F5O6. The molecule has 31 heavy (non-hydrogen) atoms. The summed E-state index contributed by atoms with van der Waals surface area (Å²) in [6.45, 7) is 7.93. The van der Waals surface area contributed by atoms with Crippen LogP contribution >= 0.6 is 0 Å². The van der Waals surface area contributed by atoms with Crippen molar-refractivity contribution < 1.29 is 50.5 Å². The number of carbonyl (C=O) groups is 2. The van der Waals surface area contributed by atoms with Gasteiger partial charge in [0.2, 0.25) is 11.9 Å². The van der Waals surface area contributed by atoms with E-state index in [9.17, 15) is 31.5 Å². The van der Waals surface area contributed by atoms with Gasteiger partial charge in [0.25, 0.3) is 0 Å². The Hall–Kier alpha value is -2.53. The van der Waals surface area contributed by atoms with Crippen LogP contribution in [0.5, 0.6) is 0 Å². The van der Waals surface area contributed by atoms with Gasteiger partial charge in [-0.25, -0.2) is 31.5 Å². The molecule has 0 spiro atoms. The van der Waals surface area contributed by atoms with Crippen LogP contribution in [0.15, 0.2) is 12.2 Å². The minimum absolute atomic E-state index is 0.0614. The zero-order valence-corrected chi connectivity index (χ0v) is 16.7. The SMILES string of the molecule is C=C(C)C(=O)O[C@@H]1C(=O)O[C@H]([C@H]2OC(c3c(F)c(F)c(F)c(F)c3F)O[C@H]2C)[C@@H]1CC. The number of benzene rings is 1. The molecule has 0 saturated carbocycles. The molecule has 0 N–H and O–H groups in total. The Balaban J connectivity index is 1.87. The summed E-state index contributed by atoms with van der Waals surface area (Å²) in [7, 11) is 0. The molecule has 11 heteroatoms. The molecule has 2 aliphatic rings. The molecule has 0 aliphatic carbocycles.